The first kappa shape index (κ1) is 14.2. The average Bonchev–Trinajstić information content (AvgIpc) is 2.31. The maximum absolute atomic E-state index is 5.50. The second kappa shape index (κ2) is 7.46. The number of aryl methyl sites for hydroxylation is 1. The summed E-state index contributed by atoms with van der Waals surface area (Å²) >= 11 is 0. The Kier molecular flexibility index (Phi) is 6.23. The molecule has 0 saturated heterocycles. The first-order valence-corrected chi connectivity index (χ1v) is 6.50. The van der Waals surface area contributed by atoms with E-state index < -0.39 is 0 Å². The van der Waals surface area contributed by atoms with E-state index in [0.717, 1.165) is 19.8 Å². The van der Waals surface area contributed by atoms with Crippen molar-refractivity contribution in [2.24, 2.45) is 5.92 Å². The van der Waals surface area contributed by atoms with E-state index in [1.54, 1.807) is 0 Å². The van der Waals surface area contributed by atoms with Crippen LogP contribution in [-0.4, -0.2) is 19.3 Å². The van der Waals surface area contributed by atoms with Gasteiger partial charge >= 0.3 is 0 Å². The molecule has 1 aromatic rings. The lowest BCUT2D eigenvalue weighted by molar-refractivity contribution is 0.108. The highest BCUT2D eigenvalue weighted by atomic mass is 16.5. The van der Waals surface area contributed by atoms with E-state index in [4.69, 9.17) is 4.74 Å². The Balaban J connectivity index is 2.43. The molecule has 0 amide bonds. The summed E-state index contributed by atoms with van der Waals surface area (Å²) in [5, 5.41) is 3.56. The summed E-state index contributed by atoms with van der Waals surface area (Å²) in [6, 6.07) is 9.10. The fourth-order valence-electron chi connectivity index (χ4n) is 1.69. The number of rotatable bonds is 7. The highest BCUT2D eigenvalue weighted by molar-refractivity contribution is 5.21. The third-order valence-corrected chi connectivity index (χ3v) is 3.00. The van der Waals surface area contributed by atoms with Gasteiger partial charge in [0, 0.05) is 19.2 Å². The quantitative estimate of drug-likeness (QED) is 0.784. The molecular weight excluding hydrogens is 210 g/mol. The van der Waals surface area contributed by atoms with E-state index in [9.17, 15) is 0 Å². The number of ether oxygens (including phenoxy) is 1. The van der Waals surface area contributed by atoms with E-state index in [0.29, 0.717) is 12.0 Å². The molecule has 0 aromatic heterocycles. The Labute approximate surface area is 105 Å². The molecule has 1 rings (SSSR count). The first-order chi connectivity index (χ1) is 8.13. The van der Waals surface area contributed by atoms with Crippen molar-refractivity contribution in [3.05, 3.63) is 35.4 Å². The summed E-state index contributed by atoms with van der Waals surface area (Å²) in [6.07, 6.45) is 0. The third-order valence-electron chi connectivity index (χ3n) is 3.00. The summed E-state index contributed by atoms with van der Waals surface area (Å²) < 4.78 is 5.50. The van der Waals surface area contributed by atoms with E-state index in [1.807, 2.05) is 6.92 Å². The van der Waals surface area contributed by atoms with E-state index in [1.165, 1.54) is 11.1 Å². The molecule has 0 radical (unpaired) electrons. The van der Waals surface area contributed by atoms with Gasteiger partial charge in [-0.05, 0) is 25.3 Å². The minimum atomic E-state index is 0.427. The van der Waals surface area contributed by atoms with Crippen LogP contribution in [-0.2, 0) is 11.3 Å². The fraction of sp³-hybridized carbons (Fsp3) is 0.600. The van der Waals surface area contributed by atoms with Gasteiger partial charge in [-0.3, -0.25) is 0 Å². The van der Waals surface area contributed by atoms with Gasteiger partial charge in [-0.25, -0.2) is 0 Å². The molecule has 17 heavy (non-hydrogen) atoms. The summed E-state index contributed by atoms with van der Waals surface area (Å²) in [4.78, 5) is 0. The molecule has 2 heteroatoms. The molecule has 0 spiro atoms. The average molecular weight is 235 g/mol. The lowest BCUT2D eigenvalue weighted by atomic mass is 10.0. The summed E-state index contributed by atoms with van der Waals surface area (Å²) in [5.41, 5.74) is 2.64. The Hall–Kier alpha value is -0.860. The topological polar surface area (TPSA) is 21.3 Å². The van der Waals surface area contributed by atoms with Crippen molar-refractivity contribution in [2.45, 2.75) is 40.3 Å². The van der Waals surface area contributed by atoms with Gasteiger partial charge in [0.25, 0.3) is 0 Å². The molecule has 0 aliphatic rings. The molecule has 0 fully saturated rings. The molecule has 0 aliphatic carbocycles. The van der Waals surface area contributed by atoms with Crippen molar-refractivity contribution >= 4 is 0 Å². The van der Waals surface area contributed by atoms with E-state index >= 15 is 0 Å². The molecule has 0 bridgehead atoms. The van der Waals surface area contributed by atoms with Crippen LogP contribution in [0.4, 0.5) is 0 Å². The highest BCUT2D eigenvalue weighted by Crippen LogP contribution is 2.06. The number of hydrogen-bond donors (Lipinski definition) is 1. The summed E-state index contributed by atoms with van der Waals surface area (Å²) in [5.74, 6) is 0.590. The van der Waals surface area contributed by atoms with Crippen LogP contribution in [0.5, 0.6) is 0 Å². The van der Waals surface area contributed by atoms with Crippen molar-refractivity contribution in [1.29, 1.82) is 0 Å². The van der Waals surface area contributed by atoms with Crippen LogP contribution in [0.15, 0.2) is 24.3 Å². The second-order valence-corrected chi connectivity index (χ2v) is 4.88. The predicted octanol–water partition coefficient (Wildman–Crippen LogP) is 3.15. The van der Waals surface area contributed by atoms with Crippen molar-refractivity contribution in [2.75, 3.05) is 13.2 Å². The monoisotopic (exact) mass is 235 g/mol. The lowest BCUT2D eigenvalue weighted by Gasteiger charge is -2.22. The van der Waals surface area contributed by atoms with Gasteiger partial charge in [0.15, 0.2) is 0 Å². The van der Waals surface area contributed by atoms with Gasteiger partial charge in [0.1, 0.15) is 0 Å². The van der Waals surface area contributed by atoms with Gasteiger partial charge in [-0.15, -0.1) is 0 Å². The van der Waals surface area contributed by atoms with Crippen LogP contribution < -0.4 is 5.32 Å². The minimum Gasteiger partial charge on any atom is -0.380 e. The molecule has 1 atom stereocenters. The van der Waals surface area contributed by atoms with E-state index in [2.05, 4.69) is 50.4 Å². The maximum Gasteiger partial charge on any atom is 0.0622 e. The normalized spacial score (nSPS) is 13.0. The van der Waals surface area contributed by atoms with Gasteiger partial charge in [-0.2, -0.15) is 0 Å². The van der Waals surface area contributed by atoms with Gasteiger partial charge in [-0.1, -0.05) is 43.7 Å². The van der Waals surface area contributed by atoms with Crippen LogP contribution in [0.3, 0.4) is 0 Å². The number of hydrogen-bond acceptors (Lipinski definition) is 2. The van der Waals surface area contributed by atoms with Crippen LogP contribution >= 0.6 is 0 Å². The van der Waals surface area contributed by atoms with Crippen molar-refractivity contribution in [3.8, 4) is 0 Å². The zero-order valence-electron chi connectivity index (χ0n) is 11.5. The Bertz CT molecular complexity index is 305. The smallest absolute Gasteiger partial charge is 0.0622 e. The van der Waals surface area contributed by atoms with Crippen molar-refractivity contribution < 1.29 is 4.74 Å². The predicted molar refractivity (Wildman–Crippen MR) is 73.1 cm³/mol. The molecule has 1 unspecified atom stereocenters. The van der Waals surface area contributed by atoms with E-state index in [-0.39, 0.29) is 0 Å². The van der Waals surface area contributed by atoms with Crippen LogP contribution in [0, 0.1) is 12.8 Å². The lowest BCUT2D eigenvalue weighted by Crippen LogP contribution is -2.37. The molecule has 0 saturated carbocycles. The summed E-state index contributed by atoms with van der Waals surface area (Å²) in [6.45, 7) is 11.1. The minimum absolute atomic E-state index is 0.427. The van der Waals surface area contributed by atoms with Crippen LogP contribution in [0.1, 0.15) is 31.9 Å². The third kappa shape index (κ3) is 5.33. The fourth-order valence-corrected chi connectivity index (χ4v) is 1.69. The largest absolute Gasteiger partial charge is 0.380 e. The Morgan fingerprint density at radius 3 is 2.35 bits per heavy atom. The molecule has 1 aromatic carbocycles. The van der Waals surface area contributed by atoms with Crippen molar-refractivity contribution in [1.82, 2.24) is 5.32 Å². The summed E-state index contributed by atoms with van der Waals surface area (Å²) in [7, 11) is 0. The second-order valence-electron chi connectivity index (χ2n) is 4.88. The van der Waals surface area contributed by atoms with Gasteiger partial charge in [0.2, 0.25) is 0 Å². The van der Waals surface area contributed by atoms with Gasteiger partial charge < -0.3 is 10.1 Å². The highest BCUT2D eigenvalue weighted by Gasteiger charge is 2.12. The molecular formula is C15H25NO. The molecule has 0 aliphatic heterocycles. The van der Waals surface area contributed by atoms with Gasteiger partial charge in [0.05, 0.1) is 6.61 Å². The standard InChI is InChI=1S/C15H25NO/c1-5-17-11-15(12(2)3)16-10-14-8-6-13(4)7-9-14/h6-9,12,15-16H,5,10-11H2,1-4H3. The first-order valence-electron chi connectivity index (χ1n) is 6.50. The molecule has 0 heterocycles. The molecule has 1 N–H and O–H groups in total. The van der Waals surface area contributed by atoms with Crippen molar-refractivity contribution in [3.63, 3.8) is 0 Å². The zero-order valence-corrected chi connectivity index (χ0v) is 11.5. The molecule has 2 nitrogen and oxygen atoms in total. The molecule has 96 valence electrons. The SMILES string of the molecule is CCOCC(NCc1ccc(C)cc1)C(C)C. The maximum atomic E-state index is 5.50. The zero-order chi connectivity index (χ0) is 12.7. The van der Waals surface area contributed by atoms with Crippen LogP contribution in [0.2, 0.25) is 0 Å². The number of benzene rings is 1. The van der Waals surface area contributed by atoms with Crippen LogP contribution in [0.25, 0.3) is 0 Å². The number of nitrogens with one attached hydrogen (secondary N) is 1. The Morgan fingerprint density at radius 1 is 1.18 bits per heavy atom. The Morgan fingerprint density at radius 2 is 1.82 bits per heavy atom.